The largest absolute Gasteiger partial charge is 0.481 e. The first-order valence-electron chi connectivity index (χ1n) is 11.2. The number of carbonyl (C=O) groups excluding carboxylic acids is 4. The van der Waals surface area contributed by atoms with Crippen LogP contribution in [0.5, 0.6) is 17.2 Å². The molecule has 0 amide bonds. The Morgan fingerprint density at radius 3 is 1.43 bits per heavy atom. The van der Waals surface area contributed by atoms with Crippen LogP contribution >= 0.6 is 31.9 Å². The molecule has 0 atom stereocenters. The van der Waals surface area contributed by atoms with Crippen LogP contribution in [-0.4, -0.2) is 56.9 Å². The number of esters is 3. The highest BCUT2D eigenvalue weighted by Crippen LogP contribution is 2.37. The topological polar surface area (TPSA) is 208 Å². The fourth-order valence-electron chi connectivity index (χ4n) is 2.93. The van der Waals surface area contributed by atoms with Crippen LogP contribution in [0.25, 0.3) is 0 Å². The zero-order chi connectivity index (χ0) is 30.0. The second-order valence-corrected chi connectivity index (χ2v) is 9.62. The molecule has 0 unspecified atom stereocenters. The van der Waals surface area contributed by atoms with Gasteiger partial charge in [-0.25, -0.2) is 0 Å². The fourth-order valence-corrected chi connectivity index (χ4v) is 3.79. The lowest BCUT2D eigenvalue weighted by molar-refractivity contribution is -0.143. The predicted molar refractivity (Wildman–Crippen MR) is 139 cm³/mol. The lowest BCUT2D eigenvalue weighted by atomic mass is 10.0. The van der Waals surface area contributed by atoms with E-state index in [2.05, 4.69) is 31.9 Å². The number of benzene rings is 2. The third-order valence-electron chi connectivity index (χ3n) is 4.76. The zero-order valence-corrected chi connectivity index (χ0v) is 23.5. The quantitative estimate of drug-likeness (QED) is 0.147. The van der Waals surface area contributed by atoms with Crippen molar-refractivity contribution in [1.82, 2.24) is 0 Å². The van der Waals surface area contributed by atoms with Gasteiger partial charge >= 0.3 is 35.8 Å². The third kappa shape index (κ3) is 10.2. The van der Waals surface area contributed by atoms with Gasteiger partial charge in [-0.3, -0.25) is 33.6 Å². The van der Waals surface area contributed by atoms with E-state index in [9.17, 15) is 33.6 Å². The Balaban J connectivity index is 2.48. The smallest absolute Gasteiger partial charge is 0.311 e. The van der Waals surface area contributed by atoms with E-state index in [0.29, 0.717) is 4.47 Å². The minimum absolute atomic E-state index is 0.0343. The van der Waals surface area contributed by atoms with Gasteiger partial charge in [-0.1, -0.05) is 15.9 Å². The van der Waals surface area contributed by atoms with Gasteiger partial charge in [-0.05, 0) is 46.3 Å². The summed E-state index contributed by atoms with van der Waals surface area (Å²) in [6, 6.07) is 6.24. The summed E-state index contributed by atoms with van der Waals surface area (Å²) in [6.07, 6.45) is -3.13. The normalized spacial score (nSPS) is 10.3. The van der Waals surface area contributed by atoms with Gasteiger partial charge < -0.3 is 29.5 Å². The zero-order valence-electron chi connectivity index (χ0n) is 20.3. The fraction of sp³-hybridized carbons (Fsp3) is 0.240. The van der Waals surface area contributed by atoms with Crippen molar-refractivity contribution in [2.45, 2.75) is 38.5 Å². The molecule has 15 heteroatoms. The second kappa shape index (κ2) is 14.9. The van der Waals surface area contributed by atoms with E-state index < -0.39 is 85.9 Å². The summed E-state index contributed by atoms with van der Waals surface area (Å²) in [5, 5.41) is 26.4. The lowest BCUT2D eigenvalue weighted by Crippen LogP contribution is -2.16. The number of rotatable bonds is 14. The Bertz CT molecular complexity index is 1370. The van der Waals surface area contributed by atoms with Crippen LogP contribution in [0.1, 0.15) is 54.4 Å². The molecule has 0 fully saturated rings. The SMILES string of the molecule is O=C(O)CCC(=O)Oc1cc(Br)c(C(=O)c2cc(Br)ccc2OC(=O)CCC(=O)O)cc1OC(=O)CCC(=O)O. The van der Waals surface area contributed by atoms with E-state index in [-0.39, 0.29) is 27.1 Å². The monoisotopic (exact) mass is 686 g/mol. The molecular weight excluding hydrogens is 668 g/mol. The standard InChI is InChI=1S/C25H20Br2O13/c26-12-1-2-16(38-22(34)6-3-19(28)29)14(9-12)25(37)13-10-17(39-23(35)7-4-20(30)31)18(11-15(13)27)40-24(36)8-5-21(32)33/h1-2,9-11H,3-8H2,(H,28,29)(H,30,31)(H,32,33). The summed E-state index contributed by atoms with van der Waals surface area (Å²) in [6.45, 7) is 0. The van der Waals surface area contributed by atoms with Crippen LogP contribution in [0, 0.1) is 0 Å². The van der Waals surface area contributed by atoms with Crippen molar-refractivity contribution in [2.75, 3.05) is 0 Å². The number of carbonyl (C=O) groups is 7. The molecule has 0 aliphatic heterocycles. The molecule has 0 saturated carbocycles. The van der Waals surface area contributed by atoms with Crippen LogP contribution in [0.15, 0.2) is 39.3 Å². The molecule has 0 aromatic heterocycles. The van der Waals surface area contributed by atoms with Crippen molar-refractivity contribution in [3.63, 3.8) is 0 Å². The highest BCUT2D eigenvalue weighted by atomic mass is 79.9. The summed E-state index contributed by atoms with van der Waals surface area (Å²) in [4.78, 5) is 82.3. The minimum Gasteiger partial charge on any atom is -0.481 e. The van der Waals surface area contributed by atoms with Gasteiger partial charge in [-0.15, -0.1) is 0 Å². The van der Waals surface area contributed by atoms with Crippen LogP contribution in [-0.2, 0) is 28.8 Å². The number of carboxylic acid groups (broad SMARTS) is 3. The number of hydrogen-bond donors (Lipinski definition) is 3. The maximum Gasteiger partial charge on any atom is 0.311 e. The highest BCUT2D eigenvalue weighted by Gasteiger charge is 2.24. The summed E-state index contributed by atoms with van der Waals surface area (Å²) < 4.78 is 15.9. The first kappa shape index (κ1) is 32.1. The predicted octanol–water partition coefficient (Wildman–Crippen LogP) is 3.75. The van der Waals surface area contributed by atoms with Crippen molar-refractivity contribution in [2.24, 2.45) is 0 Å². The number of carboxylic acids is 3. The van der Waals surface area contributed by atoms with Gasteiger partial charge in [0.1, 0.15) is 5.75 Å². The molecule has 2 aromatic carbocycles. The molecule has 13 nitrogen and oxygen atoms in total. The Labute approximate surface area is 242 Å². The molecule has 2 aromatic rings. The van der Waals surface area contributed by atoms with E-state index in [1.807, 2.05) is 0 Å². The van der Waals surface area contributed by atoms with Crippen molar-refractivity contribution < 1.29 is 63.1 Å². The molecule has 0 radical (unpaired) electrons. The molecule has 212 valence electrons. The minimum atomic E-state index is -1.27. The highest BCUT2D eigenvalue weighted by molar-refractivity contribution is 9.10. The second-order valence-electron chi connectivity index (χ2n) is 7.85. The summed E-state index contributed by atoms with van der Waals surface area (Å²) in [5.74, 6) is -8.44. The molecule has 2 rings (SSSR count). The molecule has 0 spiro atoms. The number of halogens is 2. The van der Waals surface area contributed by atoms with Crippen molar-refractivity contribution in [1.29, 1.82) is 0 Å². The van der Waals surface area contributed by atoms with Gasteiger partial charge in [0.05, 0.1) is 44.1 Å². The molecule has 0 saturated heterocycles. The number of hydrogen-bond acceptors (Lipinski definition) is 10. The Kier molecular flexibility index (Phi) is 11.9. The summed E-state index contributed by atoms with van der Waals surface area (Å²) in [7, 11) is 0. The first-order chi connectivity index (χ1) is 18.8. The average Bonchev–Trinajstić information content (AvgIpc) is 2.87. The maximum absolute atomic E-state index is 13.5. The van der Waals surface area contributed by atoms with Gasteiger partial charge in [0.25, 0.3) is 0 Å². The lowest BCUT2D eigenvalue weighted by Gasteiger charge is -2.15. The van der Waals surface area contributed by atoms with Crippen LogP contribution in [0.2, 0.25) is 0 Å². The molecule has 0 aliphatic carbocycles. The summed E-state index contributed by atoms with van der Waals surface area (Å²) >= 11 is 6.39. The molecule has 0 aliphatic rings. The molecular formula is C25H20Br2O13. The third-order valence-corrected chi connectivity index (χ3v) is 5.91. The molecule has 0 bridgehead atoms. The Morgan fingerprint density at radius 1 is 0.550 bits per heavy atom. The van der Waals surface area contributed by atoms with Crippen molar-refractivity contribution in [3.05, 3.63) is 50.4 Å². The van der Waals surface area contributed by atoms with Crippen molar-refractivity contribution in [3.8, 4) is 17.2 Å². The van der Waals surface area contributed by atoms with Gasteiger partial charge in [-0.2, -0.15) is 0 Å². The first-order valence-corrected chi connectivity index (χ1v) is 12.8. The Hall–Kier alpha value is -4.11. The van der Waals surface area contributed by atoms with E-state index in [0.717, 1.165) is 12.1 Å². The summed E-state index contributed by atoms with van der Waals surface area (Å²) in [5.41, 5.74) is -0.305. The molecule has 0 heterocycles. The van der Waals surface area contributed by atoms with Crippen molar-refractivity contribution >= 4 is 73.5 Å². The number of aliphatic carboxylic acids is 3. The van der Waals surface area contributed by atoms with Crippen LogP contribution in [0.3, 0.4) is 0 Å². The maximum atomic E-state index is 13.5. The molecule has 40 heavy (non-hydrogen) atoms. The van der Waals surface area contributed by atoms with E-state index in [1.165, 1.54) is 18.2 Å². The van der Waals surface area contributed by atoms with E-state index >= 15 is 0 Å². The average molecular weight is 688 g/mol. The van der Waals surface area contributed by atoms with Gasteiger partial charge in [0.2, 0.25) is 0 Å². The van der Waals surface area contributed by atoms with Crippen LogP contribution < -0.4 is 14.2 Å². The number of ether oxygens (including phenoxy) is 3. The Morgan fingerprint density at radius 2 is 0.975 bits per heavy atom. The van der Waals surface area contributed by atoms with Gasteiger partial charge in [0, 0.05) is 14.5 Å². The van der Waals surface area contributed by atoms with E-state index in [1.54, 1.807) is 0 Å². The molecule has 3 N–H and O–H groups in total. The van der Waals surface area contributed by atoms with E-state index in [4.69, 9.17) is 29.5 Å². The van der Waals surface area contributed by atoms with Crippen LogP contribution in [0.4, 0.5) is 0 Å². The van der Waals surface area contributed by atoms with Gasteiger partial charge in [0.15, 0.2) is 17.3 Å². The number of ketones is 1.